The summed E-state index contributed by atoms with van der Waals surface area (Å²) in [5.41, 5.74) is 0. The van der Waals surface area contributed by atoms with Crippen molar-refractivity contribution in [3.63, 3.8) is 0 Å². The molecule has 0 aliphatic heterocycles. The van der Waals surface area contributed by atoms with Gasteiger partial charge < -0.3 is 0 Å². The van der Waals surface area contributed by atoms with Crippen molar-refractivity contribution in [3.05, 3.63) is 36.5 Å². The van der Waals surface area contributed by atoms with Crippen molar-refractivity contribution in [1.29, 1.82) is 0 Å². The first-order chi connectivity index (χ1) is 5.00. The Labute approximate surface area is 62.9 Å². The summed E-state index contributed by atoms with van der Waals surface area (Å²) >= 11 is 0. The summed E-state index contributed by atoms with van der Waals surface area (Å²) in [7, 11) is 0. The molecule has 1 aliphatic carbocycles. The molecular weight excluding hydrogens is 120 g/mol. The van der Waals surface area contributed by atoms with Crippen molar-refractivity contribution in [1.82, 2.24) is 0 Å². The maximum absolute atomic E-state index is 3.10. The fraction of sp³-hybridized carbons (Fsp3) is 0.400. The second kappa shape index (κ2) is 5.04. The van der Waals surface area contributed by atoms with Gasteiger partial charge in [0.2, 0.25) is 0 Å². The van der Waals surface area contributed by atoms with Gasteiger partial charge in [-0.15, -0.1) is 0 Å². The molecule has 0 bridgehead atoms. The first kappa shape index (κ1) is 7.33. The highest BCUT2D eigenvalue weighted by atomic mass is 13.9. The summed E-state index contributed by atoms with van der Waals surface area (Å²) in [6.45, 7) is 0. The van der Waals surface area contributed by atoms with E-state index in [4.69, 9.17) is 0 Å². The van der Waals surface area contributed by atoms with E-state index in [2.05, 4.69) is 24.3 Å². The predicted octanol–water partition coefficient (Wildman–Crippen LogP) is 3.03. The molecule has 0 heterocycles. The van der Waals surface area contributed by atoms with Gasteiger partial charge >= 0.3 is 0 Å². The normalized spacial score (nSPS) is 28.8. The van der Waals surface area contributed by atoms with Crippen molar-refractivity contribution in [2.24, 2.45) is 0 Å². The van der Waals surface area contributed by atoms with Crippen LogP contribution in [0.15, 0.2) is 30.4 Å². The summed E-state index contributed by atoms with van der Waals surface area (Å²) in [6.07, 6.45) is 18.5. The van der Waals surface area contributed by atoms with Gasteiger partial charge in [-0.3, -0.25) is 0 Å². The van der Waals surface area contributed by atoms with Crippen LogP contribution in [-0.4, -0.2) is 0 Å². The summed E-state index contributed by atoms with van der Waals surface area (Å²) < 4.78 is 0. The van der Waals surface area contributed by atoms with Crippen molar-refractivity contribution < 1.29 is 0 Å². The Morgan fingerprint density at radius 3 is 2.90 bits per heavy atom. The average molecular weight is 133 g/mol. The van der Waals surface area contributed by atoms with Gasteiger partial charge in [0.1, 0.15) is 0 Å². The zero-order valence-corrected chi connectivity index (χ0v) is 6.22. The summed E-state index contributed by atoms with van der Waals surface area (Å²) in [4.78, 5) is 0. The molecule has 0 atom stereocenters. The predicted molar refractivity (Wildman–Crippen MR) is 44.6 cm³/mol. The molecule has 0 aromatic heterocycles. The van der Waals surface area contributed by atoms with Crippen molar-refractivity contribution in [2.75, 3.05) is 0 Å². The molecule has 1 rings (SSSR count). The summed E-state index contributed by atoms with van der Waals surface area (Å²) in [6, 6.07) is 0. The molecule has 0 aromatic carbocycles. The minimum Gasteiger partial charge on any atom is -0.0845 e. The van der Waals surface area contributed by atoms with Crippen LogP contribution in [0.4, 0.5) is 0 Å². The smallest absolute Gasteiger partial charge is 0.0227 e. The molecule has 0 unspecified atom stereocenters. The van der Waals surface area contributed by atoms with Crippen LogP contribution in [0.5, 0.6) is 0 Å². The lowest BCUT2D eigenvalue weighted by Crippen LogP contribution is -1.73. The fourth-order valence-electron chi connectivity index (χ4n) is 0.946. The summed E-state index contributed by atoms with van der Waals surface area (Å²) in [5, 5.41) is 0. The van der Waals surface area contributed by atoms with E-state index < -0.39 is 0 Å². The van der Waals surface area contributed by atoms with Gasteiger partial charge in [-0.2, -0.15) is 0 Å². The Hall–Kier alpha value is -0.780. The molecule has 0 saturated heterocycles. The van der Waals surface area contributed by atoms with E-state index in [1.165, 1.54) is 25.7 Å². The lowest BCUT2D eigenvalue weighted by Gasteiger charge is -1.92. The average Bonchev–Trinajstić information content (AvgIpc) is 2.01. The molecule has 0 fully saturated rings. The zero-order chi connectivity index (χ0) is 7.07. The van der Waals surface area contributed by atoms with Gasteiger partial charge in [0.25, 0.3) is 0 Å². The van der Waals surface area contributed by atoms with E-state index in [1.807, 2.05) is 12.2 Å². The minimum atomic E-state index is 1.18. The second-order valence-electron chi connectivity index (χ2n) is 2.44. The SMILES string of the molecule is [C]1=C\CCCC/C=C/C=C/1. The number of hydrogen-bond acceptors (Lipinski definition) is 0. The van der Waals surface area contributed by atoms with E-state index >= 15 is 0 Å². The Bertz CT molecular complexity index is 131. The largest absolute Gasteiger partial charge is 0.0845 e. The van der Waals surface area contributed by atoms with Crippen LogP contribution in [0.1, 0.15) is 25.7 Å². The molecule has 10 heavy (non-hydrogen) atoms. The number of hydrogen-bond donors (Lipinski definition) is 0. The standard InChI is InChI=1S/C10H13/c1-2-4-6-8-10-9-7-5-3-1/h1-4,8H,5,7,9-10H2/b3-1+,4-2+,8-6?. The van der Waals surface area contributed by atoms with E-state index in [9.17, 15) is 0 Å². The maximum Gasteiger partial charge on any atom is -0.0227 e. The molecule has 1 radical (unpaired) electrons. The van der Waals surface area contributed by atoms with E-state index in [1.54, 1.807) is 0 Å². The molecule has 0 saturated carbocycles. The second-order valence-corrected chi connectivity index (χ2v) is 2.44. The topological polar surface area (TPSA) is 0 Å². The Morgan fingerprint density at radius 2 is 1.90 bits per heavy atom. The van der Waals surface area contributed by atoms with Gasteiger partial charge in [-0.1, -0.05) is 30.4 Å². The Balaban J connectivity index is 2.40. The first-order valence-electron chi connectivity index (χ1n) is 3.89. The van der Waals surface area contributed by atoms with Gasteiger partial charge in [0.05, 0.1) is 0 Å². The van der Waals surface area contributed by atoms with Crippen LogP contribution in [0.2, 0.25) is 0 Å². The van der Waals surface area contributed by atoms with E-state index in [-0.39, 0.29) is 0 Å². The molecule has 0 N–H and O–H groups in total. The van der Waals surface area contributed by atoms with Crippen molar-refractivity contribution >= 4 is 0 Å². The monoisotopic (exact) mass is 133 g/mol. The molecule has 0 nitrogen and oxygen atoms in total. The van der Waals surface area contributed by atoms with Crippen molar-refractivity contribution in [2.45, 2.75) is 25.7 Å². The number of allylic oxidation sites excluding steroid dienone is 6. The van der Waals surface area contributed by atoms with Crippen LogP contribution < -0.4 is 0 Å². The maximum atomic E-state index is 3.10. The van der Waals surface area contributed by atoms with E-state index in [0.717, 1.165) is 0 Å². The lowest BCUT2D eigenvalue weighted by molar-refractivity contribution is 0.761. The van der Waals surface area contributed by atoms with Crippen molar-refractivity contribution in [3.8, 4) is 0 Å². The fourth-order valence-corrected chi connectivity index (χ4v) is 0.946. The van der Waals surface area contributed by atoms with Crippen LogP contribution in [0, 0.1) is 6.08 Å². The quantitative estimate of drug-likeness (QED) is 0.476. The third kappa shape index (κ3) is 3.29. The Kier molecular flexibility index (Phi) is 3.69. The highest BCUT2D eigenvalue weighted by Gasteiger charge is 1.83. The molecule has 0 amide bonds. The van der Waals surface area contributed by atoms with Gasteiger partial charge in [0, 0.05) is 0 Å². The van der Waals surface area contributed by atoms with Crippen LogP contribution >= 0.6 is 0 Å². The molecule has 1 aliphatic rings. The van der Waals surface area contributed by atoms with Gasteiger partial charge in [-0.25, -0.2) is 0 Å². The highest BCUT2D eigenvalue weighted by Crippen LogP contribution is 2.02. The van der Waals surface area contributed by atoms with Crippen LogP contribution in [0.25, 0.3) is 0 Å². The molecule has 0 heteroatoms. The highest BCUT2D eigenvalue weighted by molar-refractivity contribution is 5.07. The van der Waals surface area contributed by atoms with Gasteiger partial charge in [-0.05, 0) is 31.8 Å². The minimum absolute atomic E-state index is 1.18. The van der Waals surface area contributed by atoms with E-state index in [0.29, 0.717) is 0 Å². The summed E-state index contributed by atoms with van der Waals surface area (Å²) in [5.74, 6) is 0. The third-order valence-electron chi connectivity index (χ3n) is 1.53. The zero-order valence-electron chi connectivity index (χ0n) is 6.22. The molecular formula is C10H13. The third-order valence-corrected chi connectivity index (χ3v) is 1.53. The molecule has 0 spiro atoms. The lowest BCUT2D eigenvalue weighted by atomic mass is 10.1. The first-order valence-corrected chi connectivity index (χ1v) is 3.89. The molecule has 53 valence electrons. The van der Waals surface area contributed by atoms with Crippen LogP contribution in [0.3, 0.4) is 0 Å². The molecule has 0 aromatic rings. The Morgan fingerprint density at radius 1 is 1.00 bits per heavy atom. The number of rotatable bonds is 0. The van der Waals surface area contributed by atoms with Gasteiger partial charge in [0.15, 0.2) is 0 Å². The van der Waals surface area contributed by atoms with Crippen LogP contribution in [-0.2, 0) is 0 Å².